The lowest BCUT2D eigenvalue weighted by atomic mass is 9.98. The second kappa shape index (κ2) is 25.3. The van der Waals surface area contributed by atoms with Crippen molar-refractivity contribution in [3.63, 3.8) is 0 Å². The number of carbonyl (C=O) groups is 5. The third-order valence-corrected chi connectivity index (χ3v) is 13.2. The van der Waals surface area contributed by atoms with Crippen LogP contribution in [0, 0.1) is 23.2 Å². The van der Waals surface area contributed by atoms with Gasteiger partial charge in [-0.25, -0.2) is 18.9 Å². The molecule has 2 aliphatic rings. The molecule has 20 nitrogen and oxygen atoms in total. The molecular formula is C54H56N5O15P. The zero-order chi connectivity index (χ0) is 53.6. The van der Waals surface area contributed by atoms with Gasteiger partial charge >= 0.3 is 37.5 Å². The Hall–Kier alpha value is -7.95. The Kier molecular flexibility index (Phi) is 18.5. The number of nitrogens with zero attached hydrogens (tertiary/aromatic N) is 3. The summed E-state index contributed by atoms with van der Waals surface area (Å²) in [5.41, 5.74) is 3.99. The number of ether oxygens (including phenoxy) is 5. The third kappa shape index (κ3) is 14.0. The minimum atomic E-state index is -4.72. The van der Waals surface area contributed by atoms with Crippen LogP contribution in [-0.4, -0.2) is 90.2 Å². The molecule has 1 fully saturated rings. The van der Waals surface area contributed by atoms with Crippen LogP contribution >= 0.6 is 7.82 Å². The Bertz CT molecular complexity index is 2970. The van der Waals surface area contributed by atoms with Crippen LogP contribution in [0.2, 0.25) is 0 Å². The fourth-order valence-corrected chi connectivity index (χ4v) is 9.26. The maximum absolute atomic E-state index is 14.4. The average Bonchev–Trinajstić information content (AvgIpc) is 3.90. The summed E-state index contributed by atoms with van der Waals surface area (Å²) < 4.78 is 61.6. The highest BCUT2D eigenvalue weighted by Crippen LogP contribution is 2.51. The van der Waals surface area contributed by atoms with Crippen molar-refractivity contribution in [2.45, 2.75) is 77.0 Å². The summed E-state index contributed by atoms with van der Waals surface area (Å²) in [5.74, 6) is -4.51. The van der Waals surface area contributed by atoms with Gasteiger partial charge in [-0.3, -0.25) is 28.0 Å². The van der Waals surface area contributed by atoms with Crippen molar-refractivity contribution >= 4 is 43.5 Å². The Labute approximate surface area is 432 Å². The number of phosphoric ester groups is 1. The summed E-state index contributed by atoms with van der Waals surface area (Å²) in [6, 6.07) is 31.8. The molecule has 2 heterocycles. The minimum absolute atomic E-state index is 0.00540. The van der Waals surface area contributed by atoms with Crippen molar-refractivity contribution in [3.8, 4) is 22.9 Å². The number of hydrogen-bond acceptors (Lipinski definition) is 17. The maximum Gasteiger partial charge on any atom is 0.530 e. The molecule has 2 amide bonds. The van der Waals surface area contributed by atoms with E-state index in [-0.39, 0.29) is 43.5 Å². The number of nitrogens with one attached hydrogen (secondary N) is 2. The Morgan fingerprint density at radius 3 is 2.04 bits per heavy atom. The van der Waals surface area contributed by atoms with Gasteiger partial charge in [0.2, 0.25) is 0 Å². The van der Waals surface area contributed by atoms with Crippen LogP contribution in [0.25, 0.3) is 11.1 Å². The summed E-state index contributed by atoms with van der Waals surface area (Å²) in [4.78, 5) is 83.5. The molecule has 21 heteroatoms. The second-order valence-corrected chi connectivity index (χ2v) is 19.5. The molecule has 4 aromatic carbocycles. The lowest BCUT2D eigenvalue weighted by molar-refractivity contribution is -0.172. The van der Waals surface area contributed by atoms with Gasteiger partial charge in [0, 0.05) is 24.1 Å². The molecule has 1 unspecified atom stereocenters. The first-order chi connectivity index (χ1) is 36.1. The van der Waals surface area contributed by atoms with Crippen molar-refractivity contribution in [1.29, 1.82) is 5.26 Å². The van der Waals surface area contributed by atoms with Crippen LogP contribution in [0.15, 0.2) is 133 Å². The van der Waals surface area contributed by atoms with E-state index in [2.05, 4.69) is 22.2 Å². The molecule has 0 spiro atoms. The van der Waals surface area contributed by atoms with E-state index in [0.29, 0.717) is 11.1 Å². The number of anilines is 1. The van der Waals surface area contributed by atoms with Crippen LogP contribution < -0.4 is 20.8 Å². The first kappa shape index (κ1) is 54.8. The number of carbonyl (C=O) groups excluding carboxylic acids is 5. The zero-order valence-electron chi connectivity index (χ0n) is 41.5. The van der Waals surface area contributed by atoms with E-state index >= 15 is 0 Å². The molecule has 75 heavy (non-hydrogen) atoms. The SMILES string of the molecule is C=CCOC(=O)[C@H](Cc1ccc(OP(=O)(OCCC#N)OC[C@H]2O[C@@H](n3ccc(NC(=O)c4ccccc4)nc3=O)[C@H](OC(=O)C(C)C)[C@@H]2OC(=O)C(C)C)cc1)NC(=O)OCC1c2ccccc2-c2ccccc21. The summed E-state index contributed by atoms with van der Waals surface area (Å²) >= 11 is 0. The van der Waals surface area contributed by atoms with E-state index in [1.165, 1.54) is 42.6 Å². The first-order valence-corrected chi connectivity index (χ1v) is 25.5. The monoisotopic (exact) mass is 1050 g/mol. The van der Waals surface area contributed by atoms with Gasteiger partial charge in [-0.15, -0.1) is 0 Å². The molecular weight excluding hydrogens is 990 g/mol. The summed E-state index contributed by atoms with van der Waals surface area (Å²) in [7, 11) is -4.72. The quantitative estimate of drug-likeness (QED) is 0.0207. The number of hydrogen-bond donors (Lipinski definition) is 2. The van der Waals surface area contributed by atoms with E-state index in [1.54, 1.807) is 58.0 Å². The van der Waals surface area contributed by atoms with E-state index < -0.39 is 99.1 Å². The van der Waals surface area contributed by atoms with Gasteiger partial charge < -0.3 is 38.8 Å². The van der Waals surface area contributed by atoms with E-state index in [4.69, 9.17) is 37.3 Å². The molecule has 0 bridgehead atoms. The second-order valence-electron chi connectivity index (χ2n) is 17.9. The van der Waals surface area contributed by atoms with Crippen molar-refractivity contribution in [1.82, 2.24) is 14.9 Å². The van der Waals surface area contributed by atoms with Crippen LogP contribution in [-0.2, 0) is 58.1 Å². The molecule has 0 radical (unpaired) electrons. The number of alkyl carbamates (subject to hydrolysis) is 1. The molecule has 1 aliphatic carbocycles. The molecule has 1 saturated heterocycles. The largest absolute Gasteiger partial charge is 0.530 e. The molecule has 1 aliphatic heterocycles. The topological polar surface area (TPSA) is 259 Å². The number of phosphoric acid groups is 1. The van der Waals surface area contributed by atoms with Gasteiger partial charge in [0.05, 0.1) is 37.5 Å². The first-order valence-electron chi connectivity index (χ1n) is 24.0. The van der Waals surface area contributed by atoms with Crippen LogP contribution in [0.3, 0.4) is 0 Å². The number of rotatable bonds is 23. The number of esters is 3. The Morgan fingerprint density at radius 1 is 0.800 bits per heavy atom. The fourth-order valence-electron chi connectivity index (χ4n) is 8.05. The number of fused-ring (bicyclic) bond motifs is 3. The number of nitriles is 1. The summed E-state index contributed by atoms with van der Waals surface area (Å²) in [6.45, 7) is 8.63. The lowest BCUT2D eigenvalue weighted by Gasteiger charge is -2.26. The van der Waals surface area contributed by atoms with Crippen molar-refractivity contribution in [2.75, 3.05) is 31.7 Å². The van der Waals surface area contributed by atoms with E-state index in [1.807, 2.05) is 54.6 Å². The van der Waals surface area contributed by atoms with Crippen LogP contribution in [0.4, 0.5) is 10.6 Å². The van der Waals surface area contributed by atoms with Crippen molar-refractivity contribution in [2.24, 2.45) is 11.8 Å². The third-order valence-electron chi connectivity index (χ3n) is 11.8. The van der Waals surface area contributed by atoms with Crippen molar-refractivity contribution in [3.05, 3.63) is 161 Å². The number of benzene rings is 4. The highest BCUT2D eigenvalue weighted by atomic mass is 31.2. The molecule has 1 aromatic heterocycles. The van der Waals surface area contributed by atoms with Gasteiger partial charge in [-0.1, -0.05) is 119 Å². The minimum Gasteiger partial charge on any atom is -0.460 e. The van der Waals surface area contributed by atoms with E-state index in [0.717, 1.165) is 26.8 Å². The van der Waals surface area contributed by atoms with Gasteiger partial charge in [0.1, 0.15) is 36.9 Å². The standard InChI is InChI=1S/C54H56N5O15P/c1-6-28-67-52(63)43(56-54(65)68-31-42-40-19-12-10-17-38(40)39-18-11-13-20-41(39)42)30-35-21-23-37(24-22-35)74-75(66,69-29-14-26-55)70-32-44-46(72-50(61)33(2)3)47(73-51(62)34(4)5)49(71-44)59-27-25-45(58-53(59)64)57-48(60)36-15-8-7-9-16-36/h6-13,15-25,27,33-34,42-44,46-47,49H,1,14,28-32H2,2-5H3,(H,56,65)(H,57,58,60,64)/t43-,44+,46+,47+,49+,75?/m0/s1. The zero-order valence-corrected chi connectivity index (χ0v) is 42.4. The predicted molar refractivity (Wildman–Crippen MR) is 270 cm³/mol. The lowest BCUT2D eigenvalue weighted by Crippen LogP contribution is -2.44. The highest BCUT2D eigenvalue weighted by molar-refractivity contribution is 7.48. The summed E-state index contributed by atoms with van der Waals surface area (Å²) in [5, 5.41) is 14.5. The van der Waals surface area contributed by atoms with E-state index in [9.17, 15) is 38.6 Å². The Morgan fingerprint density at radius 2 is 1.43 bits per heavy atom. The van der Waals surface area contributed by atoms with Gasteiger partial charge in [0.25, 0.3) is 5.91 Å². The molecule has 7 rings (SSSR count). The molecule has 5 aromatic rings. The molecule has 0 saturated carbocycles. The molecule has 6 atom stereocenters. The normalized spacial score (nSPS) is 17.8. The summed E-state index contributed by atoms with van der Waals surface area (Å²) in [6.07, 6.45) is -4.40. The smallest absolute Gasteiger partial charge is 0.460 e. The van der Waals surface area contributed by atoms with Crippen LogP contribution in [0.1, 0.15) is 73.3 Å². The number of aromatic nitrogens is 2. The van der Waals surface area contributed by atoms with Gasteiger partial charge in [0.15, 0.2) is 18.4 Å². The molecule has 2 N–H and O–H groups in total. The van der Waals surface area contributed by atoms with Crippen molar-refractivity contribution < 1.29 is 65.8 Å². The maximum atomic E-state index is 14.4. The Balaban J connectivity index is 1.07. The highest BCUT2D eigenvalue weighted by Gasteiger charge is 2.52. The van der Waals surface area contributed by atoms with Gasteiger partial charge in [-0.2, -0.15) is 10.2 Å². The predicted octanol–water partition coefficient (Wildman–Crippen LogP) is 7.84. The number of amides is 2. The van der Waals surface area contributed by atoms with Crippen LogP contribution in [0.5, 0.6) is 5.75 Å². The van der Waals surface area contributed by atoms with Gasteiger partial charge in [-0.05, 0) is 58.1 Å². The fraction of sp³-hybridized carbons (Fsp3) is 0.333. The average molecular weight is 1050 g/mol. The molecule has 392 valence electrons.